The van der Waals surface area contributed by atoms with Crippen LogP contribution in [0.1, 0.15) is 12.5 Å². The van der Waals surface area contributed by atoms with E-state index >= 15 is 0 Å². The van der Waals surface area contributed by atoms with Crippen LogP contribution < -0.4 is 0 Å². The van der Waals surface area contributed by atoms with Gasteiger partial charge in [0.25, 0.3) is 0 Å². The van der Waals surface area contributed by atoms with Gasteiger partial charge in [-0.25, -0.2) is 8.42 Å². The second-order valence-electron chi connectivity index (χ2n) is 3.97. The summed E-state index contributed by atoms with van der Waals surface area (Å²) >= 11 is 3.00. The molecular formula is C11H13BrF3NO3S. The number of alkyl halides is 3. The molecule has 4 nitrogen and oxygen atoms in total. The lowest BCUT2D eigenvalue weighted by molar-refractivity contribution is -0.135. The second-order valence-corrected chi connectivity index (χ2v) is 6.73. The zero-order chi connectivity index (χ0) is 15.6. The van der Waals surface area contributed by atoms with E-state index in [1.54, 1.807) is 0 Å². The molecule has 0 aromatic heterocycles. The van der Waals surface area contributed by atoms with Gasteiger partial charge in [-0.1, -0.05) is 13.0 Å². The van der Waals surface area contributed by atoms with E-state index in [-0.39, 0.29) is 22.5 Å². The maximum absolute atomic E-state index is 12.4. The van der Waals surface area contributed by atoms with Crippen molar-refractivity contribution in [2.24, 2.45) is 0 Å². The molecule has 1 aromatic rings. The summed E-state index contributed by atoms with van der Waals surface area (Å²) < 4.78 is 62.1. The molecule has 0 atom stereocenters. The fourth-order valence-electron chi connectivity index (χ4n) is 1.56. The maximum atomic E-state index is 12.4. The first-order chi connectivity index (χ1) is 9.11. The number of hydrogen-bond acceptors (Lipinski definition) is 3. The average molecular weight is 376 g/mol. The van der Waals surface area contributed by atoms with Crippen molar-refractivity contribution in [3.63, 3.8) is 0 Å². The molecule has 0 aliphatic heterocycles. The Morgan fingerprint density at radius 3 is 2.35 bits per heavy atom. The van der Waals surface area contributed by atoms with Crippen LogP contribution in [-0.2, 0) is 16.6 Å². The molecule has 20 heavy (non-hydrogen) atoms. The number of sulfonamides is 1. The maximum Gasteiger partial charge on any atom is 0.402 e. The largest absolute Gasteiger partial charge is 0.402 e. The third-order valence-electron chi connectivity index (χ3n) is 2.51. The third kappa shape index (κ3) is 4.18. The molecule has 0 spiro atoms. The highest BCUT2D eigenvalue weighted by Crippen LogP contribution is 2.28. The number of aliphatic hydroxyl groups excluding tert-OH is 1. The monoisotopic (exact) mass is 375 g/mol. The number of nitrogens with zero attached hydrogens (tertiary/aromatic N) is 1. The molecule has 0 amide bonds. The first kappa shape index (κ1) is 17.4. The topological polar surface area (TPSA) is 57.6 Å². The van der Waals surface area contributed by atoms with Gasteiger partial charge in [-0.15, -0.1) is 0 Å². The first-order valence-corrected chi connectivity index (χ1v) is 7.81. The van der Waals surface area contributed by atoms with Crippen LogP contribution in [0.2, 0.25) is 0 Å². The highest BCUT2D eigenvalue weighted by Gasteiger charge is 2.36. The summed E-state index contributed by atoms with van der Waals surface area (Å²) in [4.78, 5) is -0.263. The van der Waals surface area contributed by atoms with Gasteiger partial charge in [0.2, 0.25) is 10.0 Å². The third-order valence-corrected chi connectivity index (χ3v) is 5.40. The predicted octanol–water partition coefficient (Wildman–Crippen LogP) is 2.51. The minimum Gasteiger partial charge on any atom is -0.392 e. The van der Waals surface area contributed by atoms with Gasteiger partial charge in [-0.2, -0.15) is 17.5 Å². The molecule has 0 radical (unpaired) electrons. The Morgan fingerprint density at radius 2 is 1.95 bits per heavy atom. The van der Waals surface area contributed by atoms with Crippen molar-refractivity contribution >= 4 is 26.0 Å². The Balaban J connectivity index is 3.21. The molecule has 0 saturated carbocycles. The van der Waals surface area contributed by atoms with Crippen LogP contribution in [0, 0.1) is 0 Å². The minimum atomic E-state index is -4.61. The van der Waals surface area contributed by atoms with E-state index in [1.165, 1.54) is 25.1 Å². The fourth-order valence-corrected chi connectivity index (χ4v) is 4.08. The summed E-state index contributed by atoms with van der Waals surface area (Å²) in [6.07, 6.45) is -4.61. The molecule has 1 N–H and O–H groups in total. The van der Waals surface area contributed by atoms with Gasteiger partial charge in [0.1, 0.15) is 6.54 Å². The van der Waals surface area contributed by atoms with Gasteiger partial charge in [0.15, 0.2) is 0 Å². The molecule has 1 rings (SSSR count). The lowest BCUT2D eigenvalue weighted by Gasteiger charge is -2.22. The molecule has 0 aliphatic rings. The molecule has 114 valence electrons. The summed E-state index contributed by atoms with van der Waals surface area (Å²) in [5, 5.41) is 8.93. The molecule has 9 heteroatoms. The molecular weight excluding hydrogens is 363 g/mol. The number of halogens is 4. The van der Waals surface area contributed by atoms with Gasteiger partial charge in [0, 0.05) is 11.0 Å². The van der Waals surface area contributed by atoms with Gasteiger partial charge in [-0.3, -0.25) is 0 Å². The van der Waals surface area contributed by atoms with E-state index in [1.807, 2.05) is 0 Å². The van der Waals surface area contributed by atoms with Gasteiger partial charge >= 0.3 is 6.18 Å². The Morgan fingerprint density at radius 1 is 1.35 bits per heavy atom. The fraction of sp³-hybridized carbons (Fsp3) is 0.455. The number of aliphatic hydroxyl groups is 1. The summed E-state index contributed by atoms with van der Waals surface area (Å²) in [5.74, 6) is 0. The molecule has 0 unspecified atom stereocenters. The molecule has 0 heterocycles. The number of rotatable bonds is 5. The van der Waals surface area contributed by atoms with Crippen LogP contribution in [-0.4, -0.2) is 37.1 Å². The average Bonchev–Trinajstić information content (AvgIpc) is 2.34. The molecule has 0 aliphatic carbocycles. The normalized spacial score (nSPS) is 12.9. The molecule has 0 saturated heterocycles. The standard InChI is InChI=1S/C11H13BrF3NO3S/c1-2-16(7-11(13,14)15)20(18,19)10-4-3-8(6-17)5-9(10)12/h3-5,17H,2,6-7H2,1H3. The minimum absolute atomic E-state index is 0.115. The van der Waals surface area contributed by atoms with Crippen molar-refractivity contribution in [1.82, 2.24) is 4.31 Å². The molecule has 1 aromatic carbocycles. The van der Waals surface area contributed by atoms with Crippen molar-refractivity contribution in [2.45, 2.75) is 24.6 Å². The van der Waals surface area contributed by atoms with Gasteiger partial charge in [0.05, 0.1) is 11.5 Å². The van der Waals surface area contributed by atoms with Crippen LogP contribution in [0.3, 0.4) is 0 Å². The van der Waals surface area contributed by atoms with Crippen molar-refractivity contribution in [2.75, 3.05) is 13.1 Å². The van der Waals surface area contributed by atoms with E-state index in [0.717, 1.165) is 0 Å². The van der Waals surface area contributed by atoms with E-state index in [2.05, 4.69) is 15.9 Å². The Kier molecular flexibility index (Phi) is 5.59. The molecule has 0 bridgehead atoms. The lowest BCUT2D eigenvalue weighted by Crippen LogP contribution is -2.38. The van der Waals surface area contributed by atoms with Gasteiger partial charge in [-0.05, 0) is 33.6 Å². The van der Waals surface area contributed by atoms with E-state index in [4.69, 9.17) is 5.11 Å². The van der Waals surface area contributed by atoms with E-state index in [0.29, 0.717) is 9.87 Å². The van der Waals surface area contributed by atoms with Crippen LogP contribution in [0.15, 0.2) is 27.6 Å². The summed E-state index contributed by atoms with van der Waals surface area (Å²) in [6, 6.07) is 3.87. The van der Waals surface area contributed by atoms with Crippen LogP contribution in [0.5, 0.6) is 0 Å². The quantitative estimate of drug-likeness (QED) is 0.859. The van der Waals surface area contributed by atoms with E-state index < -0.39 is 22.7 Å². The lowest BCUT2D eigenvalue weighted by atomic mass is 10.2. The smallest absolute Gasteiger partial charge is 0.392 e. The predicted molar refractivity (Wildman–Crippen MR) is 70.6 cm³/mol. The molecule has 0 fully saturated rings. The van der Waals surface area contributed by atoms with Crippen molar-refractivity contribution in [3.05, 3.63) is 28.2 Å². The van der Waals surface area contributed by atoms with E-state index in [9.17, 15) is 21.6 Å². The van der Waals surface area contributed by atoms with Crippen molar-refractivity contribution in [1.29, 1.82) is 0 Å². The Bertz CT molecular complexity index is 575. The zero-order valence-corrected chi connectivity index (χ0v) is 12.9. The van der Waals surface area contributed by atoms with Gasteiger partial charge < -0.3 is 5.11 Å². The SMILES string of the molecule is CCN(CC(F)(F)F)S(=O)(=O)c1ccc(CO)cc1Br. The summed E-state index contributed by atoms with van der Waals surface area (Å²) in [6.45, 7) is -0.797. The van der Waals surface area contributed by atoms with Crippen LogP contribution >= 0.6 is 15.9 Å². The highest BCUT2D eigenvalue weighted by molar-refractivity contribution is 9.10. The van der Waals surface area contributed by atoms with Crippen molar-refractivity contribution < 1.29 is 26.7 Å². The first-order valence-electron chi connectivity index (χ1n) is 5.58. The van der Waals surface area contributed by atoms with Crippen molar-refractivity contribution in [3.8, 4) is 0 Å². The second kappa shape index (κ2) is 6.42. The summed E-state index contributed by atoms with van der Waals surface area (Å²) in [5.41, 5.74) is 0.453. The van der Waals surface area contributed by atoms with Crippen LogP contribution in [0.4, 0.5) is 13.2 Å². The zero-order valence-electron chi connectivity index (χ0n) is 10.5. The van der Waals surface area contributed by atoms with Crippen LogP contribution in [0.25, 0.3) is 0 Å². The number of benzene rings is 1. The number of hydrogen-bond donors (Lipinski definition) is 1. The summed E-state index contributed by atoms with van der Waals surface area (Å²) in [7, 11) is -4.26. The Labute approximate surface area is 123 Å². The highest BCUT2D eigenvalue weighted by atomic mass is 79.9. The Hall–Kier alpha value is -0.640.